The van der Waals surface area contributed by atoms with Crippen LogP contribution in [0.2, 0.25) is 5.02 Å². The fraction of sp³-hybridized carbons (Fsp3) is 0.152. The average Bonchev–Trinajstić information content (AvgIpc) is 3.47. The van der Waals surface area contributed by atoms with Gasteiger partial charge in [-0.3, -0.25) is 4.98 Å². The number of rotatable bonds is 6. The molecule has 1 aliphatic rings. The van der Waals surface area contributed by atoms with Crippen molar-refractivity contribution >= 4 is 34.6 Å². The first-order valence-corrected chi connectivity index (χ1v) is 14.1. The van der Waals surface area contributed by atoms with Crippen LogP contribution in [0.15, 0.2) is 97.2 Å². The quantitative estimate of drug-likeness (QED) is 0.198. The normalized spacial score (nSPS) is 16.6. The molecule has 2 atom stereocenters. The van der Waals surface area contributed by atoms with E-state index in [9.17, 15) is 5.11 Å². The van der Waals surface area contributed by atoms with E-state index in [2.05, 4.69) is 35.1 Å². The lowest BCUT2D eigenvalue weighted by atomic mass is 9.96. The Hall–Kier alpha value is -4.33. The maximum absolute atomic E-state index is 10.7. The molecule has 2 aromatic heterocycles. The summed E-state index contributed by atoms with van der Waals surface area (Å²) in [6.07, 6.45) is 1.80. The number of benzene rings is 3. The number of hydrogen-bond acceptors (Lipinski definition) is 4. The van der Waals surface area contributed by atoms with Gasteiger partial charge in [-0.1, -0.05) is 35.4 Å². The van der Waals surface area contributed by atoms with Crippen molar-refractivity contribution < 1.29 is 9.84 Å². The van der Waals surface area contributed by atoms with Gasteiger partial charge < -0.3 is 24.6 Å². The van der Waals surface area contributed by atoms with Crippen LogP contribution in [0.1, 0.15) is 40.3 Å². The first-order chi connectivity index (χ1) is 19.8. The van der Waals surface area contributed by atoms with E-state index >= 15 is 0 Å². The molecule has 5 aromatic rings. The first kappa shape index (κ1) is 26.9. The molecule has 0 aliphatic carbocycles. The highest BCUT2D eigenvalue weighted by Crippen LogP contribution is 2.44. The number of pyridine rings is 1. The van der Waals surface area contributed by atoms with E-state index in [-0.39, 0.29) is 17.8 Å². The number of thiocarbonyl (C=S) groups is 1. The zero-order valence-electron chi connectivity index (χ0n) is 22.9. The predicted octanol–water partition coefficient (Wildman–Crippen LogP) is 8.13. The van der Waals surface area contributed by atoms with Gasteiger partial charge in [0, 0.05) is 28.3 Å². The molecule has 1 saturated heterocycles. The molecule has 6 nitrogen and oxygen atoms in total. The number of halogens is 1. The molecule has 3 aromatic carbocycles. The Balaban J connectivity index is 1.42. The third-order valence-corrected chi connectivity index (χ3v) is 7.99. The Morgan fingerprint density at radius 3 is 2.29 bits per heavy atom. The minimum atomic E-state index is -0.206. The van der Waals surface area contributed by atoms with Gasteiger partial charge in [0.25, 0.3) is 0 Å². The number of anilines is 1. The van der Waals surface area contributed by atoms with Gasteiger partial charge in [0.1, 0.15) is 17.2 Å². The summed E-state index contributed by atoms with van der Waals surface area (Å²) in [7, 11) is 0. The van der Waals surface area contributed by atoms with Crippen LogP contribution in [0, 0.1) is 20.8 Å². The summed E-state index contributed by atoms with van der Waals surface area (Å²) in [4.78, 5) is 6.81. The number of aryl methyl sites for hydroxylation is 2. The number of aromatic nitrogens is 2. The monoisotopic (exact) mass is 580 g/mol. The van der Waals surface area contributed by atoms with E-state index in [1.54, 1.807) is 24.4 Å². The molecule has 0 radical (unpaired) electrons. The number of phenolic OH excluding ortho intramolecular Hbond substituents is 1. The largest absolute Gasteiger partial charge is 0.506 e. The van der Waals surface area contributed by atoms with Crippen molar-refractivity contribution in [1.82, 2.24) is 14.9 Å². The maximum Gasteiger partial charge on any atom is 0.174 e. The number of nitrogens with zero attached hydrogens (tertiary/aromatic N) is 3. The first-order valence-electron chi connectivity index (χ1n) is 13.3. The van der Waals surface area contributed by atoms with Crippen molar-refractivity contribution in [2.75, 3.05) is 4.90 Å². The second-order valence-electron chi connectivity index (χ2n) is 10.2. The van der Waals surface area contributed by atoms with Crippen LogP contribution >= 0.6 is 23.8 Å². The van der Waals surface area contributed by atoms with E-state index < -0.39 is 0 Å². The molecule has 0 amide bonds. The Morgan fingerprint density at radius 2 is 1.61 bits per heavy atom. The van der Waals surface area contributed by atoms with Gasteiger partial charge in [-0.05, 0) is 111 Å². The fourth-order valence-corrected chi connectivity index (χ4v) is 6.01. The predicted molar refractivity (Wildman–Crippen MR) is 168 cm³/mol. The SMILES string of the molecule is Cc1ccc(Oc2ccc(N3C(=S)N[C@@H](c4ccccn4)[C@H]3c3cc(C)n(-c4cc(Cl)ccc4O)c3C)cc2)cc1. The molecule has 8 heteroatoms. The number of aromatic hydroxyl groups is 1. The second-order valence-corrected chi connectivity index (χ2v) is 11.0. The van der Waals surface area contributed by atoms with E-state index in [1.165, 1.54) is 5.56 Å². The summed E-state index contributed by atoms with van der Waals surface area (Å²) < 4.78 is 8.10. The Bertz CT molecular complexity index is 1720. The lowest BCUT2D eigenvalue weighted by Gasteiger charge is -2.28. The van der Waals surface area contributed by atoms with Crippen LogP contribution in [-0.2, 0) is 0 Å². The zero-order chi connectivity index (χ0) is 28.7. The maximum atomic E-state index is 10.7. The molecule has 1 fully saturated rings. The number of nitrogens with one attached hydrogen (secondary N) is 1. The van der Waals surface area contributed by atoms with Crippen LogP contribution in [0.3, 0.4) is 0 Å². The summed E-state index contributed by atoms with van der Waals surface area (Å²) in [5.74, 6) is 1.68. The van der Waals surface area contributed by atoms with Gasteiger partial charge in [0.15, 0.2) is 5.11 Å². The average molecular weight is 581 g/mol. The lowest BCUT2D eigenvalue weighted by molar-refractivity contribution is 0.471. The van der Waals surface area contributed by atoms with Crippen LogP contribution in [0.25, 0.3) is 5.69 Å². The van der Waals surface area contributed by atoms with E-state index in [1.807, 2.05) is 78.2 Å². The molecule has 0 unspecified atom stereocenters. The molecule has 3 heterocycles. The highest BCUT2D eigenvalue weighted by Gasteiger charge is 2.42. The molecule has 0 saturated carbocycles. The highest BCUT2D eigenvalue weighted by atomic mass is 35.5. The van der Waals surface area contributed by atoms with E-state index in [0.717, 1.165) is 39.8 Å². The molecular formula is C33H29ClN4O2S. The molecular weight excluding hydrogens is 552 g/mol. The summed E-state index contributed by atoms with van der Waals surface area (Å²) in [5.41, 5.74) is 6.63. The minimum Gasteiger partial charge on any atom is -0.506 e. The molecule has 2 N–H and O–H groups in total. The number of phenols is 1. The van der Waals surface area contributed by atoms with Crippen LogP contribution < -0.4 is 15.0 Å². The summed E-state index contributed by atoms with van der Waals surface area (Å²) in [6, 6.07) is 28.6. The fourth-order valence-electron chi connectivity index (χ4n) is 5.50. The van der Waals surface area contributed by atoms with Gasteiger partial charge in [-0.15, -0.1) is 0 Å². The third-order valence-electron chi connectivity index (χ3n) is 7.44. The molecule has 6 rings (SSSR count). The van der Waals surface area contributed by atoms with Gasteiger partial charge in [-0.25, -0.2) is 0 Å². The van der Waals surface area contributed by atoms with E-state index in [4.69, 9.17) is 28.6 Å². The van der Waals surface area contributed by atoms with Crippen molar-refractivity contribution in [2.24, 2.45) is 0 Å². The summed E-state index contributed by atoms with van der Waals surface area (Å²) in [6.45, 7) is 6.13. The smallest absolute Gasteiger partial charge is 0.174 e. The third kappa shape index (κ3) is 5.14. The van der Waals surface area contributed by atoms with E-state index in [0.29, 0.717) is 15.8 Å². The Morgan fingerprint density at radius 1 is 0.902 bits per heavy atom. The molecule has 1 aliphatic heterocycles. The van der Waals surface area contributed by atoms with Gasteiger partial charge in [0.2, 0.25) is 0 Å². The van der Waals surface area contributed by atoms with Crippen molar-refractivity contribution in [3.63, 3.8) is 0 Å². The molecule has 41 heavy (non-hydrogen) atoms. The Kier molecular flexibility index (Phi) is 7.15. The standard InChI is InChI=1S/C33H29ClN4O2S/c1-20-7-12-25(13-8-20)40-26-14-10-24(11-15-26)38-32(31(36-33(38)41)28-6-4-5-17-35-28)27-18-21(2)37(22(27)3)29-19-23(34)9-16-30(29)39/h4-19,31-32,39H,1-3H3,(H,36,41)/t31-,32+/m0/s1. The van der Waals surface area contributed by atoms with Crippen molar-refractivity contribution in [3.8, 4) is 22.9 Å². The molecule has 0 spiro atoms. The van der Waals surface area contributed by atoms with Crippen LogP contribution in [0.5, 0.6) is 17.2 Å². The Labute approximate surface area is 249 Å². The number of hydrogen-bond donors (Lipinski definition) is 2. The highest BCUT2D eigenvalue weighted by molar-refractivity contribution is 7.80. The van der Waals surface area contributed by atoms with Gasteiger partial charge in [-0.2, -0.15) is 0 Å². The van der Waals surface area contributed by atoms with Crippen molar-refractivity contribution in [2.45, 2.75) is 32.9 Å². The molecule has 206 valence electrons. The van der Waals surface area contributed by atoms with Crippen LogP contribution in [-0.4, -0.2) is 19.8 Å². The van der Waals surface area contributed by atoms with Crippen molar-refractivity contribution in [3.05, 3.63) is 130 Å². The second kappa shape index (κ2) is 10.9. The van der Waals surface area contributed by atoms with Crippen LogP contribution in [0.4, 0.5) is 5.69 Å². The lowest BCUT2D eigenvalue weighted by Crippen LogP contribution is -2.29. The van der Waals surface area contributed by atoms with Crippen molar-refractivity contribution in [1.29, 1.82) is 0 Å². The topological polar surface area (TPSA) is 62.5 Å². The van der Waals surface area contributed by atoms with Gasteiger partial charge in [0.05, 0.1) is 23.5 Å². The summed E-state index contributed by atoms with van der Waals surface area (Å²) >= 11 is 12.3. The zero-order valence-corrected chi connectivity index (χ0v) is 24.4. The number of ether oxygens (including phenoxy) is 1. The minimum absolute atomic E-state index is 0.158. The van der Waals surface area contributed by atoms with Gasteiger partial charge >= 0.3 is 0 Å². The molecule has 0 bridgehead atoms. The summed E-state index contributed by atoms with van der Waals surface area (Å²) in [5, 5.41) is 15.4.